The maximum Gasteiger partial charge on any atom is 0.127 e. The van der Waals surface area contributed by atoms with Crippen molar-refractivity contribution in [3.63, 3.8) is 0 Å². The average Bonchev–Trinajstić information content (AvgIpc) is 3.15. The molecule has 0 saturated heterocycles. The molecule has 4 nitrogen and oxygen atoms in total. The number of aromatic nitrogens is 1. The van der Waals surface area contributed by atoms with E-state index in [1.807, 2.05) is 72.9 Å². The van der Waals surface area contributed by atoms with Crippen molar-refractivity contribution in [2.45, 2.75) is 6.92 Å². The first-order valence-corrected chi connectivity index (χ1v) is 9.42. The Morgan fingerprint density at radius 1 is 0.793 bits per heavy atom. The summed E-state index contributed by atoms with van der Waals surface area (Å²) in [5.41, 5.74) is 4.24. The van der Waals surface area contributed by atoms with E-state index in [2.05, 4.69) is 40.9 Å². The molecule has 1 aromatic heterocycles. The van der Waals surface area contributed by atoms with Crippen LogP contribution >= 0.6 is 0 Å². The molecule has 4 rings (SSSR count). The van der Waals surface area contributed by atoms with Crippen molar-refractivity contribution in [1.82, 2.24) is 4.57 Å². The molecule has 0 radical (unpaired) electrons. The van der Waals surface area contributed by atoms with Crippen LogP contribution in [0.5, 0.6) is 17.2 Å². The largest absolute Gasteiger partial charge is 0.497 e. The van der Waals surface area contributed by atoms with Gasteiger partial charge < -0.3 is 14.0 Å². The molecule has 0 aliphatic heterocycles. The Hall–Kier alpha value is -3.79. The van der Waals surface area contributed by atoms with E-state index in [0.717, 1.165) is 34.2 Å². The standard InChI is InChI=1S/C25H22N2O2/c1-19-16-20(18-27(19)22-6-4-3-5-7-22)17-26-21-8-10-24(11-9-21)29-25-14-12-23(28-2)13-15-25/h3-18H,1-2H3. The van der Waals surface area contributed by atoms with Gasteiger partial charge in [0.25, 0.3) is 0 Å². The van der Waals surface area contributed by atoms with Crippen molar-refractivity contribution in [1.29, 1.82) is 0 Å². The second-order valence-electron chi connectivity index (χ2n) is 6.65. The highest BCUT2D eigenvalue weighted by Gasteiger charge is 2.03. The van der Waals surface area contributed by atoms with Gasteiger partial charge in [-0.25, -0.2) is 0 Å². The second kappa shape index (κ2) is 8.48. The quantitative estimate of drug-likeness (QED) is 0.365. The number of benzene rings is 3. The summed E-state index contributed by atoms with van der Waals surface area (Å²) in [5, 5.41) is 0. The summed E-state index contributed by atoms with van der Waals surface area (Å²) in [4.78, 5) is 4.59. The van der Waals surface area contributed by atoms with Crippen LogP contribution < -0.4 is 9.47 Å². The van der Waals surface area contributed by atoms with E-state index >= 15 is 0 Å². The number of aryl methyl sites for hydroxylation is 1. The minimum absolute atomic E-state index is 0.764. The summed E-state index contributed by atoms with van der Waals surface area (Å²) < 4.78 is 13.2. The number of aliphatic imine (C=N–C) groups is 1. The number of para-hydroxylation sites is 1. The molecule has 3 aromatic carbocycles. The number of hydrogen-bond donors (Lipinski definition) is 0. The van der Waals surface area contributed by atoms with Crippen LogP contribution in [0.3, 0.4) is 0 Å². The van der Waals surface area contributed by atoms with E-state index < -0.39 is 0 Å². The first-order chi connectivity index (χ1) is 14.2. The summed E-state index contributed by atoms with van der Waals surface area (Å²) in [5.74, 6) is 2.33. The summed E-state index contributed by atoms with van der Waals surface area (Å²) in [6, 6.07) is 27.6. The Morgan fingerprint density at radius 2 is 1.41 bits per heavy atom. The van der Waals surface area contributed by atoms with Crippen molar-refractivity contribution < 1.29 is 9.47 Å². The molecule has 0 bridgehead atoms. The predicted octanol–water partition coefficient (Wildman–Crippen LogP) is 6.34. The van der Waals surface area contributed by atoms with Gasteiger partial charge in [-0.05, 0) is 73.7 Å². The van der Waals surface area contributed by atoms with Crippen LogP contribution in [-0.2, 0) is 0 Å². The molecular weight excluding hydrogens is 360 g/mol. The first-order valence-electron chi connectivity index (χ1n) is 9.42. The third kappa shape index (κ3) is 4.55. The topological polar surface area (TPSA) is 35.8 Å². The van der Waals surface area contributed by atoms with E-state index in [0.29, 0.717) is 0 Å². The Bertz CT molecular complexity index is 1100. The van der Waals surface area contributed by atoms with Crippen LogP contribution in [0.15, 0.2) is 96.1 Å². The molecule has 144 valence electrons. The molecule has 0 unspecified atom stereocenters. The van der Waals surface area contributed by atoms with E-state index in [9.17, 15) is 0 Å². The Balaban J connectivity index is 1.44. The van der Waals surface area contributed by atoms with Crippen molar-refractivity contribution >= 4 is 11.9 Å². The van der Waals surface area contributed by atoms with Gasteiger partial charge >= 0.3 is 0 Å². The number of methoxy groups -OCH3 is 1. The van der Waals surface area contributed by atoms with Crippen molar-refractivity contribution in [3.05, 3.63) is 102 Å². The zero-order valence-corrected chi connectivity index (χ0v) is 16.4. The third-order valence-electron chi connectivity index (χ3n) is 4.56. The predicted molar refractivity (Wildman–Crippen MR) is 117 cm³/mol. The minimum atomic E-state index is 0.764. The zero-order valence-electron chi connectivity index (χ0n) is 16.4. The molecule has 0 amide bonds. The van der Waals surface area contributed by atoms with Crippen molar-refractivity contribution in [3.8, 4) is 22.9 Å². The number of nitrogens with zero attached hydrogens (tertiary/aromatic N) is 2. The maximum atomic E-state index is 5.85. The van der Waals surface area contributed by atoms with Crippen LogP contribution in [0.2, 0.25) is 0 Å². The lowest BCUT2D eigenvalue weighted by Crippen LogP contribution is -1.93. The lowest BCUT2D eigenvalue weighted by molar-refractivity contribution is 0.413. The normalized spacial score (nSPS) is 11.0. The summed E-state index contributed by atoms with van der Waals surface area (Å²) in [6.45, 7) is 2.09. The Kier molecular flexibility index (Phi) is 5.43. The van der Waals surface area contributed by atoms with Crippen LogP contribution in [0.1, 0.15) is 11.3 Å². The van der Waals surface area contributed by atoms with E-state index in [-0.39, 0.29) is 0 Å². The SMILES string of the molecule is COc1ccc(Oc2ccc(N=Cc3cc(C)n(-c4ccccc4)c3)cc2)cc1. The van der Waals surface area contributed by atoms with Gasteiger partial charge in [-0.3, -0.25) is 4.99 Å². The highest BCUT2D eigenvalue weighted by atomic mass is 16.5. The molecule has 29 heavy (non-hydrogen) atoms. The highest BCUT2D eigenvalue weighted by molar-refractivity contribution is 5.82. The third-order valence-corrected chi connectivity index (χ3v) is 4.56. The van der Waals surface area contributed by atoms with Gasteiger partial charge in [-0.1, -0.05) is 18.2 Å². The van der Waals surface area contributed by atoms with Gasteiger partial charge in [0.1, 0.15) is 17.2 Å². The fourth-order valence-corrected chi connectivity index (χ4v) is 3.07. The molecule has 0 N–H and O–H groups in total. The van der Waals surface area contributed by atoms with E-state index in [1.165, 1.54) is 5.69 Å². The second-order valence-corrected chi connectivity index (χ2v) is 6.65. The molecule has 0 aliphatic rings. The van der Waals surface area contributed by atoms with Crippen molar-refractivity contribution in [2.75, 3.05) is 7.11 Å². The van der Waals surface area contributed by atoms with E-state index in [4.69, 9.17) is 9.47 Å². The summed E-state index contributed by atoms with van der Waals surface area (Å²) >= 11 is 0. The maximum absolute atomic E-state index is 5.85. The van der Waals surface area contributed by atoms with Gasteiger partial charge in [-0.15, -0.1) is 0 Å². The van der Waals surface area contributed by atoms with Gasteiger partial charge in [-0.2, -0.15) is 0 Å². The molecule has 4 heteroatoms. The van der Waals surface area contributed by atoms with Crippen LogP contribution in [-0.4, -0.2) is 17.9 Å². The van der Waals surface area contributed by atoms with Gasteiger partial charge in [0.05, 0.1) is 12.8 Å². The number of ether oxygens (including phenoxy) is 2. The molecule has 0 atom stereocenters. The van der Waals surface area contributed by atoms with E-state index in [1.54, 1.807) is 7.11 Å². The molecule has 0 fully saturated rings. The lowest BCUT2D eigenvalue weighted by Gasteiger charge is -2.06. The smallest absolute Gasteiger partial charge is 0.127 e. The Labute approximate surface area is 170 Å². The molecule has 0 aliphatic carbocycles. The molecule has 4 aromatic rings. The molecule has 1 heterocycles. The van der Waals surface area contributed by atoms with Crippen LogP contribution in [0, 0.1) is 6.92 Å². The fraction of sp³-hybridized carbons (Fsp3) is 0.0800. The van der Waals surface area contributed by atoms with Gasteiger partial charge in [0.15, 0.2) is 0 Å². The highest BCUT2D eigenvalue weighted by Crippen LogP contribution is 2.25. The van der Waals surface area contributed by atoms with Crippen LogP contribution in [0.4, 0.5) is 5.69 Å². The molecule has 0 spiro atoms. The Morgan fingerprint density at radius 3 is 2.07 bits per heavy atom. The first kappa shape index (κ1) is 18.6. The van der Waals surface area contributed by atoms with Gasteiger partial charge in [0, 0.05) is 29.4 Å². The molecule has 0 saturated carbocycles. The number of rotatable bonds is 6. The monoisotopic (exact) mass is 382 g/mol. The van der Waals surface area contributed by atoms with Gasteiger partial charge in [0.2, 0.25) is 0 Å². The van der Waals surface area contributed by atoms with Crippen LogP contribution in [0.25, 0.3) is 5.69 Å². The minimum Gasteiger partial charge on any atom is -0.497 e. The lowest BCUT2D eigenvalue weighted by atomic mass is 10.3. The van der Waals surface area contributed by atoms with Crippen molar-refractivity contribution in [2.24, 2.45) is 4.99 Å². The molecular formula is C25H22N2O2. The zero-order chi connectivity index (χ0) is 20.1. The average molecular weight is 382 g/mol. The summed E-state index contributed by atoms with van der Waals surface area (Å²) in [6.07, 6.45) is 3.97. The fourth-order valence-electron chi connectivity index (χ4n) is 3.07. The number of hydrogen-bond acceptors (Lipinski definition) is 3. The summed E-state index contributed by atoms with van der Waals surface area (Å²) in [7, 11) is 1.65.